The Kier molecular flexibility index (Phi) is 4.09. The molecule has 2 rings (SSSR count). The van der Waals surface area contributed by atoms with Gasteiger partial charge in [-0.3, -0.25) is 4.98 Å². The number of benzene rings is 1. The van der Waals surface area contributed by atoms with Crippen molar-refractivity contribution in [3.63, 3.8) is 0 Å². The Labute approximate surface area is 106 Å². The van der Waals surface area contributed by atoms with E-state index in [2.05, 4.69) is 15.3 Å². The third-order valence-electron chi connectivity index (χ3n) is 2.30. The minimum absolute atomic E-state index is 0.455. The van der Waals surface area contributed by atoms with Crippen molar-refractivity contribution in [2.24, 2.45) is 0 Å². The van der Waals surface area contributed by atoms with Crippen LogP contribution in [0.2, 0.25) is 0 Å². The molecule has 5 heteroatoms. The van der Waals surface area contributed by atoms with Crippen LogP contribution in [0.3, 0.4) is 0 Å². The lowest BCUT2D eigenvalue weighted by Crippen LogP contribution is -1.96. The first-order valence-corrected chi connectivity index (χ1v) is 5.57. The summed E-state index contributed by atoms with van der Waals surface area (Å²) in [5, 5.41) is 2.91. The molecule has 0 amide bonds. The Bertz CT molecular complexity index is 517. The monoisotopic (exact) mass is 245 g/mol. The smallest absolute Gasteiger partial charge is 0.239 e. The summed E-state index contributed by atoms with van der Waals surface area (Å²) in [4.78, 5) is 8.27. The van der Waals surface area contributed by atoms with Gasteiger partial charge in [0.25, 0.3) is 0 Å². The van der Waals surface area contributed by atoms with Gasteiger partial charge >= 0.3 is 0 Å². The van der Waals surface area contributed by atoms with Crippen molar-refractivity contribution in [2.75, 3.05) is 19.5 Å². The molecule has 18 heavy (non-hydrogen) atoms. The molecule has 1 N–H and O–H groups in total. The van der Waals surface area contributed by atoms with Gasteiger partial charge in [0.15, 0.2) is 0 Å². The van der Waals surface area contributed by atoms with Crippen LogP contribution >= 0.6 is 0 Å². The van der Waals surface area contributed by atoms with Gasteiger partial charge in [0.05, 0.1) is 19.0 Å². The van der Waals surface area contributed by atoms with Crippen LogP contribution in [-0.4, -0.2) is 24.1 Å². The van der Waals surface area contributed by atoms with Crippen molar-refractivity contribution in [2.45, 2.75) is 6.61 Å². The molecule has 94 valence electrons. The van der Waals surface area contributed by atoms with E-state index in [4.69, 9.17) is 9.47 Å². The molecule has 0 unspecified atom stereocenters. The van der Waals surface area contributed by atoms with Crippen molar-refractivity contribution < 1.29 is 9.47 Å². The van der Waals surface area contributed by atoms with Crippen LogP contribution in [0, 0.1) is 0 Å². The number of hydrogen-bond acceptors (Lipinski definition) is 5. The van der Waals surface area contributed by atoms with Crippen molar-refractivity contribution in [3.8, 4) is 11.6 Å². The van der Waals surface area contributed by atoms with Crippen molar-refractivity contribution in [3.05, 3.63) is 42.2 Å². The maximum atomic E-state index is 5.64. The Morgan fingerprint density at radius 2 is 2.17 bits per heavy atom. The molecular formula is C13H15N3O2. The van der Waals surface area contributed by atoms with E-state index < -0.39 is 0 Å². The van der Waals surface area contributed by atoms with Crippen molar-refractivity contribution in [1.82, 2.24) is 9.97 Å². The zero-order valence-corrected chi connectivity index (χ0v) is 10.4. The van der Waals surface area contributed by atoms with Crippen LogP contribution in [0.5, 0.6) is 11.6 Å². The van der Waals surface area contributed by atoms with E-state index in [1.54, 1.807) is 26.6 Å². The molecule has 1 aromatic carbocycles. The first-order valence-electron chi connectivity index (χ1n) is 5.57. The largest absolute Gasteiger partial charge is 0.437 e. The molecule has 0 aliphatic carbocycles. The zero-order chi connectivity index (χ0) is 12.8. The van der Waals surface area contributed by atoms with Gasteiger partial charge in [-0.2, -0.15) is 4.98 Å². The summed E-state index contributed by atoms with van der Waals surface area (Å²) in [6, 6.07) is 7.68. The van der Waals surface area contributed by atoms with E-state index in [1.165, 1.54) is 0 Å². The minimum Gasteiger partial charge on any atom is -0.437 e. The third kappa shape index (κ3) is 3.18. The maximum absolute atomic E-state index is 5.64. The first kappa shape index (κ1) is 12.3. The first-order chi connectivity index (χ1) is 8.81. The van der Waals surface area contributed by atoms with E-state index in [9.17, 15) is 0 Å². The zero-order valence-electron chi connectivity index (χ0n) is 10.4. The summed E-state index contributed by atoms with van der Waals surface area (Å²) in [6.45, 7) is 0.555. The Hall–Kier alpha value is -2.14. The van der Waals surface area contributed by atoms with Crippen LogP contribution in [0.25, 0.3) is 0 Å². The molecule has 0 atom stereocenters. The fourth-order valence-corrected chi connectivity index (χ4v) is 1.50. The lowest BCUT2D eigenvalue weighted by molar-refractivity contribution is 0.184. The highest BCUT2D eigenvalue weighted by atomic mass is 16.5. The Morgan fingerprint density at radius 3 is 2.94 bits per heavy atom. The molecule has 0 aliphatic heterocycles. The van der Waals surface area contributed by atoms with Crippen LogP contribution < -0.4 is 10.1 Å². The summed E-state index contributed by atoms with van der Waals surface area (Å²) in [5.41, 5.74) is 1.05. The average molecular weight is 245 g/mol. The van der Waals surface area contributed by atoms with Gasteiger partial charge < -0.3 is 14.8 Å². The fourth-order valence-electron chi connectivity index (χ4n) is 1.50. The van der Waals surface area contributed by atoms with Crippen LogP contribution in [0.15, 0.2) is 36.7 Å². The fraction of sp³-hybridized carbons (Fsp3) is 0.231. The van der Waals surface area contributed by atoms with E-state index in [0.717, 1.165) is 5.56 Å². The van der Waals surface area contributed by atoms with Gasteiger partial charge in [0.1, 0.15) is 11.6 Å². The predicted octanol–water partition coefficient (Wildman–Crippen LogP) is 2.46. The Morgan fingerprint density at radius 1 is 1.28 bits per heavy atom. The van der Waals surface area contributed by atoms with E-state index in [0.29, 0.717) is 24.1 Å². The van der Waals surface area contributed by atoms with Crippen LogP contribution in [0.1, 0.15) is 5.56 Å². The van der Waals surface area contributed by atoms with Gasteiger partial charge in [-0.25, -0.2) is 0 Å². The maximum Gasteiger partial charge on any atom is 0.239 e. The number of nitrogens with one attached hydrogen (secondary N) is 1. The number of nitrogens with zero attached hydrogens (tertiary/aromatic N) is 2. The van der Waals surface area contributed by atoms with Crippen LogP contribution in [-0.2, 0) is 11.3 Å². The molecule has 0 spiro atoms. The van der Waals surface area contributed by atoms with Gasteiger partial charge in [-0.1, -0.05) is 12.1 Å². The second-order valence-electron chi connectivity index (χ2n) is 3.68. The van der Waals surface area contributed by atoms with Gasteiger partial charge in [-0.15, -0.1) is 0 Å². The normalized spacial score (nSPS) is 10.1. The van der Waals surface area contributed by atoms with Gasteiger partial charge in [-0.05, 0) is 17.7 Å². The SMILES string of the molecule is CNc1cncc(Oc2cccc(COC)c2)n1. The Balaban J connectivity index is 2.14. The number of ether oxygens (including phenoxy) is 2. The highest BCUT2D eigenvalue weighted by Gasteiger charge is 2.01. The van der Waals surface area contributed by atoms with E-state index >= 15 is 0 Å². The molecule has 0 fully saturated rings. The van der Waals surface area contributed by atoms with Crippen molar-refractivity contribution in [1.29, 1.82) is 0 Å². The molecule has 0 bridgehead atoms. The van der Waals surface area contributed by atoms with E-state index in [1.807, 2.05) is 24.3 Å². The van der Waals surface area contributed by atoms with Gasteiger partial charge in [0.2, 0.25) is 5.88 Å². The number of hydrogen-bond donors (Lipinski definition) is 1. The lowest BCUT2D eigenvalue weighted by Gasteiger charge is -2.07. The van der Waals surface area contributed by atoms with Gasteiger partial charge in [0, 0.05) is 14.2 Å². The molecule has 1 heterocycles. The molecule has 1 aromatic heterocycles. The quantitative estimate of drug-likeness (QED) is 0.876. The second-order valence-corrected chi connectivity index (χ2v) is 3.68. The minimum atomic E-state index is 0.455. The number of methoxy groups -OCH3 is 1. The number of anilines is 1. The highest BCUT2D eigenvalue weighted by molar-refractivity contribution is 5.35. The van der Waals surface area contributed by atoms with Crippen molar-refractivity contribution >= 4 is 5.82 Å². The van der Waals surface area contributed by atoms with Crippen LogP contribution in [0.4, 0.5) is 5.82 Å². The number of rotatable bonds is 5. The standard InChI is InChI=1S/C13H15N3O2/c1-14-12-7-15-8-13(16-12)18-11-5-3-4-10(6-11)9-17-2/h3-8H,9H2,1-2H3,(H,14,16). The van der Waals surface area contributed by atoms with E-state index in [-0.39, 0.29) is 0 Å². The predicted molar refractivity (Wildman–Crippen MR) is 68.8 cm³/mol. The molecule has 0 radical (unpaired) electrons. The summed E-state index contributed by atoms with van der Waals surface area (Å²) in [6.07, 6.45) is 3.21. The summed E-state index contributed by atoms with van der Waals surface area (Å²) >= 11 is 0. The lowest BCUT2D eigenvalue weighted by atomic mass is 10.2. The molecule has 0 saturated carbocycles. The summed E-state index contributed by atoms with van der Waals surface area (Å²) in [5.74, 6) is 1.84. The molecule has 0 aliphatic rings. The third-order valence-corrected chi connectivity index (χ3v) is 2.30. The molecule has 5 nitrogen and oxygen atoms in total. The number of aromatic nitrogens is 2. The molecule has 0 saturated heterocycles. The summed E-state index contributed by atoms with van der Waals surface area (Å²) in [7, 11) is 3.45. The average Bonchev–Trinajstić information content (AvgIpc) is 2.40. The summed E-state index contributed by atoms with van der Waals surface area (Å²) < 4.78 is 10.7. The second kappa shape index (κ2) is 5.97. The molecule has 2 aromatic rings. The topological polar surface area (TPSA) is 56.3 Å². The molecular weight excluding hydrogens is 230 g/mol. The highest BCUT2D eigenvalue weighted by Crippen LogP contribution is 2.21.